The average molecular weight is 523 g/mol. The van der Waals surface area contributed by atoms with E-state index in [2.05, 4.69) is 9.88 Å². The van der Waals surface area contributed by atoms with E-state index in [0.29, 0.717) is 53.4 Å². The lowest BCUT2D eigenvalue weighted by Gasteiger charge is -2.27. The minimum Gasteiger partial charge on any atom is -0.480 e. The summed E-state index contributed by atoms with van der Waals surface area (Å²) in [7, 11) is 0. The predicted octanol–water partition coefficient (Wildman–Crippen LogP) is 4.29. The van der Waals surface area contributed by atoms with Gasteiger partial charge in [-0.15, -0.1) is 0 Å². The van der Waals surface area contributed by atoms with Crippen molar-refractivity contribution in [1.29, 1.82) is 0 Å². The maximum atomic E-state index is 13.0. The molecule has 1 atom stereocenters. The third-order valence-electron chi connectivity index (χ3n) is 5.70. The first-order valence-electron chi connectivity index (χ1n) is 10.9. The van der Waals surface area contributed by atoms with Gasteiger partial charge in [-0.3, -0.25) is 14.2 Å². The number of nitrogens with zero attached hydrogens (tertiary/aromatic N) is 4. The van der Waals surface area contributed by atoms with Gasteiger partial charge in [-0.25, -0.2) is 4.98 Å². The Morgan fingerprint density at radius 2 is 2.00 bits per heavy atom. The number of hydrogen-bond acceptors (Lipinski definition) is 8. The number of morpholine rings is 1. The second kappa shape index (κ2) is 9.85. The molecule has 3 aromatic rings. The Morgan fingerprint density at radius 3 is 2.65 bits per heavy atom. The van der Waals surface area contributed by atoms with Crippen molar-refractivity contribution in [3.05, 3.63) is 44.7 Å². The number of thioether (sulfide) groups is 1. The van der Waals surface area contributed by atoms with E-state index in [1.165, 1.54) is 11.3 Å². The van der Waals surface area contributed by atoms with Gasteiger partial charge in [-0.05, 0) is 29.5 Å². The van der Waals surface area contributed by atoms with Gasteiger partial charge in [-0.2, -0.15) is 4.98 Å². The third kappa shape index (κ3) is 5.10. The minimum absolute atomic E-state index is 0.332. The van der Waals surface area contributed by atoms with Crippen LogP contribution >= 0.6 is 34.7 Å². The number of rotatable bonds is 6. The number of anilines is 1. The fourth-order valence-corrected chi connectivity index (χ4v) is 6.01. The van der Waals surface area contributed by atoms with Crippen molar-refractivity contribution in [2.45, 2.75) is 44.6 Å². The normalized spacial score (nSPS) is 15.6. The van der Waals surface area contributed by atoms with Crippen LogP contribution in [0.25, 0.3) is 10.3 Å². The van der Waals surface area contributed by atoms with Gasteiger partial charge in [0.05, 0.1) is 19.8 Å². The van der Waals surface area contributed by atoms with E-state index in [0.717, 1.165) is 28.0 Å². The third-order valence-corrected chi connectivity index (χ3v) is 8.87. The SMILES string of the molecule is Cc1c(Cl)cccc1Cn1c(SC(C(=O)O)C(C)(C)C)nc(=O)c2sc(N3CCOCC3)nc21. The number of halogens is 1. The second-order valence-corrected chi connectivity index (χ2v) is 11.7. The fraction of sp³-hybridized carbons (Fsp3) is 0.478. The van der Waals surface area contributed by atoms with Crippen molar-refractivity contribution in [3.63, 3.8) is 0 Å². The van der Waals surface area contributed by atoms with E-state index in [4.69, 9.17) is 21.3 Å². The predicted molar refractivity (Wildman–Crippen MR) is 137 cm³/mol. The summed E-state index contributed by atoms with van der Waals surface area (Å²) in [5.41, 5.74) is 1.42. The van der Waals surface area contributed by atoms with Crippen molar-refractivity contribution in [3.8, 4) is 0 Å². The molecule has 8 nitrogen and oxygen atoms in total. The number of carboxylic acid groups (broad SMARTS) is 1. The first-order chi connectivity index (χ1) is 16.1. The number of fused-ring (bicyclic) bond motifs is 1. The molecule has 2 aromatic heterocycles. The average Bonchev–Trinajstić information content (AvgIpc) is 3.23. The lowest BCUT2D eigenvalue weighted by atomic mass is 9.92. The maximum Gasteiger partial charge on any atom is 0.317 e. The first-order valence-corrected chi connectivity index (χ1v) is 13.0. The molecular weight excluding hydrogens is 496 g/mol. The van der Waals surface area contributed by atoms with E-state index in [-0.39, 0.29) is 0 Å². The summed E-state index contributed by atoms with van der Waals surface area (Å²) in [5.74, 6) is -0.954. The molecule has 3 heterocycles. The number of benzene rings is 1. The summed E-state index contributed by atoms with van der Waals surface area (Å²) < 4.78 is 7.75. The van der Waals surface area contributed by atoms with Crippen molar-refractivity contribution in [2.24, 2.45) is 5.41 Å². The lowest BCUT2D eigenvalue weighted by molar-refractivity contribution is -0.138. The van der Waals surface area contributed by atoms with Gasteiger partial charge >= 0.3 is 5.97 Å². The highest BCUT2D eigenvalue weighted by molar-refractivity contribution is 8.00. The molecule has 1 saturated heterocycles. The number of carbonyl (C=O) groups is 1. The Labute approximate surface area is 210 Å². The van der Waals surface area contributed by atoms with Crippen molar-refractivity contribution >= 4 is 56.1 Å². The zero-order valence-corrected chi connectivity index (χ0v) is 21.9. The number of thiazole rings is 1. The summed E-state index contributed by atoms with van der Waals surface area (Å²) in [6, 6.07) is 5.67. The molecule has 0 aliphatic carbocycles. The molecule has 1 fully saturated rings. The van der Waals surface area contributed by atoms with Crippen molar-refractivity contribution in [2.75, 3.05) is 31.2 Å². The summed E-state index contributed by atoms with van der Waals surface area (Å²) >= 11 is 8.76. The van der Waals surface area contributed by atoms with Crippen LogP contribution in [0.3, 0.4) is 0 Å². The number of hydrogen-bond donors (Lipinski definition) is 1. The van der Waals surface area contributed by atoms with Crippen LogP contribution in [0.2, 0.25) is 5.02 Å². The van der Waals surface area contributed by atoms with Crippen molar-refractivity contribution in [1.82, 2.24) is 14.5 Å². The van der Waals surface area contributed by atoms with E-state index in [1.807, 2.05) is 50.5 Å². The summed E-state index contributed by atoms with van der Waals surface area (Å²) in [5, 5.41) is 10.8. The zero-order valence-electron chi connectivity index (χ0n) is 19.5. The van der Waals surface area contributed by atoms with E-state index >= 15 is 0 Å². The molecule has 182 valence electrons. The van der Waals surface area contributed by atoms with E-state index < -0.39 is 22.2 Å². The van der Waals surface area contributed by atoms with Gasteiger partial charge in [-0.1, -0.05) is 67.6 Å². The van der Waals surface area contributed by atoms with E-state index in [1.54, 1.807) is 0 Å². The highest BCUT2D eigenvalue weighted by atomic mass is 35.5. The smallest absolute Gasteiger partial charge is 0.317 e. The molecule has 11 heteroatoms. The molecule has 0 radical (unpaired) electrons. The number of aromatic nitrogens is 3. The lowest BCUT2D eigenvalue weighted by Crippen LogP contribution is -2.36. The number of ether oxygens (including phenoxy) is 1. The highest BCUT2D eigenvalue weighted by Gasteiger charge is 2.34. The van der Waals surface area contributed by atoms with E-state index in [9.17, 15) is 14.7 Å². The van der Waals surface area contributed by atoms with Gasteiger partial charge in [0, 0.05) is 18.1 Å². The maximum absolute atomic E-state index is 13.0. The number of aliphatic carboxylic acids is 1. The molecule has 1 aliphatic heterocycles. The first kappa shape index (κ1) is 25.0. The van der Waals surface area contributed by atoms with Crippen LogP contribution in [-0.4, -0.2) is 57.2 Å². The molecule has 1 aromatic carbocycles. The molecule has 4 rings (SSSR count). The van der Waals surface area contributed by atoms with Gasteiger partial charge < -0.3 is 14.7 Å². The quantitative estimate of drug-likeness (QED) is 0.378. The van der Waals surface area contributed by atoms with Crippen LogP contribution in [-0.2, 0) is 16.1 Å². The van der Waals surface area contributed by atoms with Gasteiger partial charge in [0.1, 0.15) is 9.95 Å². The molecule has 0 saturated carbocycles. The Bertz CT molecular complexity index is 1280. The second-order valence-electron chi connectivity index (χ2n) is 9.26. The fourth-order valence-electron chi connectivity index (χ4n) is 3.73. The Morgan fingerprint density at radius 1 is 1.29 bits per heavy atom. The van der Waals surface area contributed by atoms with Crippen LogP contribution in [0.1, 0.15) is 31.9 Å². The molecule has 1 N–H and O–H groups in total. The minimum atomic E-state index is -0.954. The summed E-state index contributed by atoms with van der Waals surface area (Å²) in [6.07, 6.45) is 0. The van der Waals surface area contributed by atoms with Gasteiger partial charge in [0.15, 0.2) is 15.9 Å². The Hall–Kier alpha value is -2.14. The van der Waals surface area contributed by atoms with Crippen LogP contribution in [0.5, 0.6) is 0 Å². The summed E-state index contributed by atoms with van der Waals surface area (Å²) in [6.45, 7) is 10.5. The zero-order chi connectivity index (χ0) is 24.6. The molecule has 0 amide bonds. The molecule has 1 unspecified atom stereocenters. The largest absolute Gasteiger partial charge is 0.480 e. The van der Waals surface area contributed by atoms with Gasteiger partial charge in [0.2, 0.25) is 0 Å². The Balaban J connectivity index is 1.88. The van der Waals surface area contributed by atoms with Crippen molar-refractivity contribution < 1.29 is 14.6 Å². The molecule has 0 bridgehead atoms. The molecule has 0 spiro atoms. The van der Waals surface area contributed by atoms with Gasteiger partial charge in [0.25, 0.3) is 5.56 Å². The topological polar surface area (TPSA) is 97.5 Å². The van der Waals surface area contributed by atoms with Crippen LogP contribution in [0.4, 0.5) is 5.13 Å². The monoisotopic (exact) mass is 522 g/mol. The van der Waals surface area contributed by atoms with Crippen LogP contribution in [0.15, 0.2) is 28.2 Å². The van der Waals surface area contributed by atoms with Crippen LogP contribution in [0, 0.1) is 12.3 Å². The molecule has 34 heavy (non-hydrogen) atoms. The molecular formula is C23H27ClN4O4S2. The Kier molecular flexibility index (Phi) is 7.23. The standard InChI is InChI=1S/C23H27ClN4O4S2/c1-13-14(6-5-7-15(13)24)12-28-18-16(33-21(25-18)27-8-10-32-11-9-27)19(29)26-22(28)34-17(20(30)31)23(2,3)4/h5-7,17H,8-12H2,1-4H3,(H,30,31). The summed E-state index contributed by atoms with van der Waals surface area (Å²) in [4.78, 5) is 36.4. The number of carboxylic acids is 1. The molecule has 1 aliphatic rings. The highest BCUT2D eigenvalue weighted by Crippen LogP contribution is 2.37. The van der Waals surface area contributed by atoms with Crippen LogP contribution < -0.4 is 10.5 Å².